The van der Waals surface area contributed by atoms with Gasteiger partial charge in [0.25, 0.3) is 0 Å². The van der Waals surface area contributed by atoms with Gasteiger partial charge >= 0.3 is 6.18 Å². The Hall–Kier alpha value is -2.41. The highest BCUT2D eigenvalue weighted by Gasteiger charge is 2.30. The summed E-state index contributed by atoms with van der Waals surface area (Å²) < 4.78 is 37.7. The third kappa shape index (κ3) is 4.11. The van der Waals surface area contributed by atoms with Crippen molar-refractivity contribution in [2.45, 2.75) is 12.2 Å². The molecule has 0 radical (unpaired) electrons. The standard InChI is InChI=1S/C17H17F3N4/c18-17(19,20)14-6-3-12(4-7-14)2-5-13-10-21-11-15(13)24-16-22-8-1-9-23-16/h1-9,13,15,21H,10-11H2,(H,22,23,24)/b5-2+. The van der Waals surface area contributed by atoms with Gasteiger partial charge < -0.3 is 10.6 Å². The molecule has 24 heavy (non-hydrogen) atoms. The molecule has 2 heterocycles. The lowest BCUT2D eigenvalue weighted by molar-refractivity contribution is -0.137. The van der Waals surface area contributed by atoms with E-state index in [9.17, 15) is 13.2 Å². The van der Waals surface area contributed by atoms with Crippen molar-refractivity contribution < 1.29 is 13.2 Å². The van der Waals surface area contributed by atoms with Gasteiger partial charge in [0.1, 0.15) is 0 Å². The van der Waals surface area contributed by atoms with Crippen molar-refractivity contribution in [3.8, 4) is 0 Å². The molecule has 0 spiro atoms. The van der Waals surface area contributed by atoms with Crippen LogP contribution >= 0.6 is 0 Å². The van der Waals surface area contributed by atoms with E-state index < -0.39 is 11.7 Å². The first-order valence-electron chi connectivity index (χ1n) is 7.62. The molecular formula is C17H17F3N4. The minimum absolute atomic E-state index is 0.137. The number of rotatable bonds is 4. The Bertz CT molecular complexity index is 683. The Labute approximate surface area is 137 Å². The van der Waals surface area contributed by atoms with Gasteiger partial charge in [0.15, 0.2) is 0 Å². The van der Waals surface area contributed by atoms with E-state index in [0.717, 1.165) is 30.8 Å². The molecule has 4 nitrogen and oxygen atoms in total. The van der Waals surface area contributed by atoms with Gasteiger partial charge in [-0.2, -0.15) is 13.2 Å². The Morgan fingerprint density at radius 1 is 1.08 bits per heavy atom. The fraction of sp³-hybridized carbons (Fsp3) is 0.294. The van der Waals surface area contributed by atoms with E-state index in [-0.39, 0.29) is 12.0 Å². The first-order valence-corrected chi connectivity index (χ1v) is 7.62. The second-order valence-electron chi connectivity index (χ2n) is 5.62. The van der Waals surface area contributed by atoms with E-state index in [1.807, 2.05) is 12.2 Å². The molecule has 1 fully saturated rings. The van der Waals surface area contributed by atoms with Gasteiger partial charge in [-0.25, -0.2) is 9.97 Å². The topological polar surface area (TPSA) is 49.8 Å². The van der Waals surface area contributed by atoms with Crippen molar-refractivity contribution in [1.29, 1.82) is 0 Å². The summed E-state index contributed by atoms with van der Waals surface area (Å²) in [6.07, 6.45) is 2.89. The maximum Gasteiger partial charge on any atom is 0.416 e. The molecule has 2 aromatic rings. The maximum atomic E-state index is 12.6. The fourth-order valence-electron chi connectivity index (χ4n) is 2.62. The minimum atomic E-state index is -4.30. The van der Waals surface area contributed by atoms with Crippen molar-refractivity contribution in [3.05, 3.63) is 59.9 Å². The van der Waals surface area contributed by atoms with Crippen LogP contribution in [0.25, 0.3) is 6.08 Å². The number of anilines is 1. The van der Waals surface area contributed by atoms with Crippen LogP contribution in [0.5, 0.6) is 0 Å². The Balaban J connectivity index is 1.64. The van der Waals surface area contributed by atoms with E-state index in [0.29, 0.717) is 5.95 Å². The molecule has 0 amide bonds. The van der Waals surface area contributed by atoms with Crippen LogP contribution in [0.4, 0.5) is 19.1 Å². The van der Waals surface area contributed by atoms with Crippen molar-refractivity contribution in [2.24, 2.45) is 5.92 Å². The molecule has 2 atom stereocenters. The highest BCUT2D eigenvalue weighted by Crippen LogP contribution is 2.29. The number of benzene rings is 1. The summed E-state index contributed by atoms with van der Waals surface area (Å²) in [7, 11) is 0. The summed E-state index contributed by atoms with van der Waals surface area (Å²) in [5, 5.41) is 6.56. The van der Waals surface area contributed by atoms with Crippen LogP contribution in [-0.4, -0.2) is 29.1 Å². The van der Waals surface area contributed by atoms with Gasteiger partial charge in [-0.05, 0) is 23.8 Å². The van der Waals surface area contributed by atoms with Crippen molar-refractivity contribution in [1.82, 2.24) is 15.3 Å². The number of alkyl halides is 3. The molecule has 3 rings (SSSR count). The largest absolute Gasteiger partial charge is 0.416 e. The molecule has 0 bridgehead atoms. The smallest absolute Gasteiger partial charge is 0.350 e. The molecule has 1 saturated heterocycles. The molecule has 2 N–H and O–H groups in total. The number of nitrogens with one attached hydrogen (secondary N) is 2. The fourth-order valence-corrected chi connectivity index (χ4v) is 2.62. The Morgan fingerprint density at radius 3 is 2.46 bits per heavy atom. The van der Waals surface area contributed by atoms with Crippen LogP contribution in [0.15, 0.2) is 48.8 Å². The first-order chi connectivity index (χ1) is 11.5. The molecule has 2 unspecified atom stereocenters. The van der Waals surface area contributed by atoms with Crippen LogP contribution in [0, 0.1) is 5.92 Å². The van der Waals surface area contributed by atoms with Crippen molar-refractivity contribution in [2.75, 3.05) is 18.4 Å². The van der Waals surface area contributed by atoms with Crippen LogP contribution in [-0.2, 0) is 6.18 Å². The SMILES string of the molecule is FC(F)(F)c1ccc(/C=C/C2CNCC2Nc2ncccn2)cc1. The van der Waals surface area contributed by atoms with Crippen molar-refractivity contribution in [3.63, 3.8) is 0 Å². The Morgan fingerprint density at radius 2 is 1.79 bits per heavy atom. The van der Waals surface area contributed by atoms with Crippen molar-refractivity contribution >= 4 is 12.0 Å². The summed E-state index contributed by atoms with van der Waals surface area (Å²) in [5.74, 6) is 0.773. The second-order valence-corrected chi connectivity index (χ2v) is 5.62. The lowest BCUT2D eigenvalue weighted by Crippen LogP contribution is -2.28. The van der Waals surface area contributed by atoms with Gasteiger partial charge in [0.2, 0.25) is 5.95 Å². The van der Waals surface area contributed by atoms with E-state index in [1.165, 1.54) is 12.1 Å². The van der Waals surface area contributed by atoms with Crippen LogP contribution < -0.4 is 10.6 Å². The zero-order chi connectivity index (χ0) is 17.0. The molecule has 1 aromatic heterocycles. The molecular weight excluding hydrogens is 317 g/mol. The molecule has 0 aliphatic carbocycles. The first kappa shape index (κ1) is 16.4. The lowest BCUT2D eigenvalue weighted by atomic mass is 10.0. The normalized spacial score (nSPS) is 21.3. The maximum absolute atomic E-state index is 12.6. The van der Waals surface area contributed by atoms with E-state index in [2.05, 4.69) is 20.6 Å². The molecule has 7 heteroatoms. The quantitative estimate of drug-likeness (QED) is 0.901. The van der Waals surface area contributed by atoms with Gasteiger partial charge in [-0.1, -0.05) is 24.3 Å². The molecule has 126 valence electrons. The van der Waals surface area contributed by atoms with Gasteiger partial charge in [0.05, 0.1) is 5.56 Å². The van der Waals surface area contributed by atoms with E-state index in [1.54, 1.807) is 18.5 Å². The molecule has 0 saturated carbocycles. The summed E-state index contributed by atoms with van der Waals surface area (Å²) in [5.41, 5.74) is 0.104. The molecule has 1 aliphatic heterocycles. The number of halogens is 3. The third-order valence-electron chi connectivity index (χ3n) is 3.92. The van der Waals surface area contributed by atoms with Crippen LogP contribution in [0.2, 0.25) is 0 Å². The molecule has 1 aromatic carbocycles. The number of hydrogen-bond acceptors (Lipinski definition) is 4. The predicted octanol–water partition coefficient (Wildman–Crippen LogP) is 3.21. The summed E-state index contributed by atoms with van der Waals surface area (Å²) in [6, 6.07) is 7.04. The molecule has 1 aliphatic rings. The minimum Gasteiger partial charge on any atom is -0.350 e. The van der Waals surface area contributed by atoms with Gasteiger partial charge in [-0.3, -0.25) is 0 Å². The number of nitrogens with zero attached hydrogens (tertiary/aromatic N) is 2. The number of hydrogen-bond donors (Lipinski definition) is 2. The highest BCUT2D eigenvalue weighted by molar-refractivity contribution is 5.50. The second kappa shape index (κ2) is 7.00. The average molecular weight is 334 g/mol. The van der Waals surface area contributed by atoms with E-state index in [4.69, 9.17) is 0 Å². The Kier molecular flexibility index (Phi) is 4.80. The summed E-state index contributed by atoms with van der Waals surface area (Å²) in [4.78, 5) is 8.29. The summed E-state index contributed by atoms with van der Waals surface area (Å²) >= 11 is 0. The van der Waals surface area contributed by atoms with Gasteiger partial charge in [-0.15, -0.1) is 0 Å². The third-order valence-corrected chi connectivity index (χ3v) is 3.92. The van der Waals surface area contributed by atoms with Crippen LogP contribution in [0.3, 0.4) is 0 Å². The highest BCUT2D eigenvalue weighted by atomic mass is 19.4. The number of aromatic nitrogens is 2. The van der Waals surface area contributed by atoms with E-state index >= 15 is 0 Å². The van der Waals surface area contributed by atoms with Crippen LogP contribution in [0.1, 0.15) is 11.1 Å². The predicted molar refractivity (Wildman–Crippen MR) is 86.3 cm³/mol. The van der Waals surface area contributed by atoms with Gasteiger partial charge in [0, 0.05) is 37.4 Å². The monoisotopic (exact) mass is 334 g/mol. The summed E-state index contributed by atoms with van der Waals surface area (Å²) in [6.45, 7) is 1.57. The average Bonchev–Trinajstić information content (AvgIpc) is 3.00. The zero-order valence-electron chi connectivity index (χ0n) is 12.8. The zero-order valence-corrected chi connectivity index (χ0v) is 12.8. The lowest BCUT2D eigenvalue weighted by Gasteiger charge is -2.16.